The number of hydrogen-bond donors (Lipinski definition) is 2. The lowest BCUT2D eigenvalue weighted by molar-refractivity contribution is 0.263. The first kappa shape index (κ1) is 11.2. The van der Waals surface area contributed by atoms with Gasteiger partial charge in [0.1, 0.15) is 5.82 Å². The molecule has 0 aromatic heterocycles. The molecule has 1 aliphatic rings. The summed E-state index contributed by atoms with van der Waals surface area (Å²) in [6, 6.07) is 4.63. The Kier molecular flexibility index (Phi) is 3.29. The van der Waals surface area contributed by atoms with Crippen LogP contribution in [0.1, 0.15) is 12.8 Å². The number of nitrogens with zero attached hydrogens (tertiary/aromatic N) is 1. The molecule has 1 aromatic carbocycles. The molecule has 3 N–H and O–H groups in total. The zero-order chi connectivity index (χ0) is 11.5. The van der Waals surface area contributed by atoms with Gasteiger partial charge in [-0.1, -0.05) is 0 Å². The first-order chi connectivity index (χ1) is 7.69. The van der Waals surface area contributed by atoms with Crippen molar-refractivity contribution in [3.8, 4) is 0 Å². The van der Waals surface area contributed by atoms with Crippen molar-refractivity contribution in [2.24, 2.45) is 5.92 Å². The summed E-state index contributed by atoms with van der Waals surface area (Å²) in [5, 5.41) is 8.87. The van der Waals surface area contributed by atoms with Crippen molar-refractivity contribution in [2.75, 3.05) is 30.3 Å². The van der Waals surface area contributed by atoms with Crippen LogP contribution in [0.25, 0.3) is 0 Å². The third kappa shape index (κ3) is 2.44. The maximum Gasteiger partial charge on any atom is 0.127 e. The predicted molar refractivity (Wildman–Crippen MR) is 62.8 cm³/mol. The Morgan fingerprint density at radius 1 is 1.44 bits per heavy atom. The van der Waals surface area contributed by atoms with Crippen LogP contribution in [0.4, 0.5) is 15.8 Å². The summed E-state index contributed by atoms with van der Waals surface area (Å²) < 4.78 is 13.2. The van der Waals surface area contributed by atoms with E-state index in [1.165, 1.54) is 12.1 Å². The summed E-state index contributed by atoms with van der Waals surface area (Å²) in [5.74, 6) is 0.218. The molecule has 16 heavy (non-hydrogen) atoms. The highest BCUT2D eigenvalue weighted by Gasteiger charge is 2.22. The lowest BCUT2D eigenvalue weighted by Gasteiger charge is -2.19. The molecule has 88 valence electrons. The van der Waals surface area contributed by atoms with E-state index in [0.29, 0.717) is 11.6 Å². The molecule has 3 nitrogen and oxygen atoms in total. The van der Waals surface area contributed by atoms with E-state index in [9.17, 15) is 4.39 Å². The summed E-state index contributed by atoms with van der Waals surface area (Å²) in [6.07, 6.45) is 1.87. The molecular formula is C12H17FN2O. The molecule has 1 saturated heterocycles. The van der Waals surface area contributed by atoms with Crippen LogP contribution in [0.15, 0.2) is 18.2 Å². The Balaban J connectivity index is 2.08. The predicted octanol–water partition coefficient (Wildman–Crippen LogP) is 1.62. The normalized spacial score (nSPS) is 20.4. The second-order valence-electron chi connectivity index (χ2n) is 4.36. The number of nitrogen functional groups attached to an aromatic ring is 1. The summed E-state index contributed by atoms with van der Waals surface area (Å²) in [6.45, 7) is 2.01. The molecule has 2 rings (SSSR count). The first-order valence-corrected chi connectivity index (χ1v) is 5.61. The fraction of sp³-hybridized carbons (Fsp3) is 0.500. The maximum absolute atomic E-state index is 13.2. The number of anilines is 2. The fourth-order valence-corrected chi connectivity index (χ4v) is 2.26. The molecule has 1 aliphatic heterocycles. The molecular weight excluding hydrogens is 207 g/mol. The highest BCUT2D eigenvalue weighted by molar-refractivity contribution is 5.56. The Morgan fingerprint density at radius 3 is 2.94 bits per heavy atom. The zero-order valence-corrected chi connectivity index (χ0v) is 9.19. The minimum atomic E-state index is -0.291. The van der Waals surface area contributed by atoms with Gasteiger partial charge in [0.15, 0.2) is 0 Å². The minimum absolute atomic E-state index is 0.226. The highest BCUT2D eigenvalue weighted by atomic mass is 19.1. The first-order valence-electron chi connectivity index (χ1n) is 5.61. The minimum Gasteiger partial charge on any atom is -0.399 e. The average Bonchev–Trinajstić information content (AvgIpc) is 2.65. The SMILES string of the molecule is Nc1cc(F)cc(N2CCC(CCO)C2)c1. The van der Waals surface area contributed by atoms with E-state index < -0.39 is 0 Å². The number of halogens is 1. The Labute approximate surface area is 94.7 Å². The molecule has 1 atom stereocenters. The lowest BCUT2D eigenvalue weighted by atomic mass is 10.1. The van der Waals surface area contributed by atoms with Gasteiger partial charge in [0.25, 0.3) is 0 Å². The van der Waals surface area contributed by atoms with Crippen LogP contribution in [0.2, 0.25) is 0 Å². The molecule has 1 unspecified atom stereocenters. The molecule has 0 amide bonds. The second kappa shape index (κ2) is 4.70. The van der Waals surface area contributed by atoms with E-state index in [1.807, 2.05) is 0 Å². The van der Waals surface area contributed by atoms with E-state index in [-0.39, 0.29) is 12.4 Å². The molecule has 4 heteroatoms. The number of aliphatic hydroxyl groups excluding tert-OH is 1. The largest absolute Gasteiger partial charge is 0.399 e. The number of nitrogens with two attached hydrogens (primary N) is 1. The summed E-state index contributed by atoms with van der Waals surface area (Å²) in [4.78, 5) is 2.12. The van der Waals surface area contributed by atoms with Crippen LogP contribution in [-0.2, 0) is 0 Å². The van der Waals surface area contributed by atoms with Crippen molar-refractivity contribution < 1.29 is 9.50 Å². The Bertz CT molecular complexity index is 350. The van der Waals surface area contributed by atoms with Crippen LogP contribution >= 0.6 is 0 Å². The summed E-state index contributed by atoms with van der Waals surface area (Å²) in [5.41, 5.74) is 6.92. The van der Waals surface area contributed by atoms with Crippen molar-refractivity contribution in [1.29, 1.82) is 0 Å². The van der Waals surface area contributed by atoms with Gasteiger partial charge in [0.2, 0.25) is 0 Å². The maximum atomic E-state index is 13.2. The zero-order valence-electron chi connectivity index (χ0n) is 9.19. The van der Waals surface area contributed by atoms with Gasteiger partial charge in [-0.15, -0.1) is 0 Å². The van der Waals surface area contributed by atoms with E-state index >= 15 is 0 Å². The molecule has 0 aliphatic carbocycles. The van der Waals surface area contributed by atoms with Gasteiger partial charge in [-0.25, -0.2) is 4.39 Å². The molecule has 0 radical (unpaired) electrons. The fourth-order valence-electron chi connectivity index (χ4n) is 2.26. The summed E-state index contributed by atoms with van der Waals surface area (Å²) in [7, 11) is 0. The highest BCUT2D eigenvalue weighted by Crippen LogP contribution is 2.27. The topological polar surface area (TPSA) is 49.5 Å². The smallest absolute Gasteiger partial charge is 0.127 e. The standard InChI is InChI=1S/C12H17FN2O/c13-10-5-11(14)7-12(6-10)15-3-1-9(8-15)2-4-16/h5-7,9,16H,1-4,8,14H2. The van der Waals surface area contributed by atoms with E-state index in [4.69, 9.17) is 10.8 Å². The number of hydrogen-bond acceptors (Lipinski definition) is 3. The van der Waals surface area contributed by atoms with E-state index in [0.717, 1.165) is 31.6 Å². The summed E-state index contributed by atoms with van der Waals surface area (Å²) >= 11 is 0. The third-order valence-electron chi connectivity index (χ3n) is 3.09. The quantitative estimate of drug-likeness (QED) is 0.767. The molecule has 1 heterocycles. The molecule has 1 aromatic rings. The van der Waals surface area contributed by atoms with Crippen molar-refractivity contribution in [3.63, 3.8) is 0 Å². The van der Waals surface area contributed by atoms with Crippen LogP contribution < -0.4 is 10.6 Å². The third-order valence-corrected chi connectivity index (χ3v) is 3.09. The Morgan fingerprint density at radius 2 is 2.25 bits per heavy atom. The Hall–Kier alpha value is -1.29. The monoisotopic (exact) mass is 224 g/mol. The van der Waals surface area contributed by atoms with Gasteiger partial charge in [0, 0.05) is 31.1 Å². The molecule has 1 fully saturated rings. The van der Waals surface area contributed by atoms with Crippen LogP contribution in [0.5, 0.6) is 0 Å². The van der Waals surface area contributed by atoms with Gasteiger partial charge >= 0.3 is 0 Å². The molecule has 0 bridgehead atoms. The van der Waals surface area contributed by atoms with Gasteiger partial charge in [0.05, 0.1) is 0 Å². The van der Waals surface area contributed by atoms with Crippen molar-refractivity contribution >= 4 is 11.4 Å². The second-order valence-corrected chi connectivity index (χ2v) is 4.36. The average molecular weight is 224 g/mol. The van der Waals surface area contributed by atoms with Crippen LogP contribution in [-0.4, -0.2) is 24.8 Å². The van der Waals surface area contributed by atoms with Gasteiger partial charge in [-0.3, -0.25) is 0 Å². The molecule has 0 saturated carbocycles. The van der Waals surface area contributed by atoms with Crippen LogP contribution in [0.3, 0.4) is 0 Å². The van der Waals surface area contributed by atoms with Gasteiger partial charge in [-0.05, 0) is 37.0 Å². The van der Waals surface area contributed by atoms with Crippen molar-refractivity contribution in [1.82, 2.24) is 0 Å². The lowest BCUT2D eigenvalue weighted by Crippen LogP contribution is -2.20. The van der Waals surface area contributed by atoms with Crippen LogP contribution in [0, 0.1) is 11.7 Å². The van der Waals surface area contributed by atoms with E-state index in [1.54, 1.807) is 6.07 Å². The van der Waals surface area contributed by atoms with E-state index in [2.05, 4.69) is 4.90 Å². The van der Waals surface area contributed by atoms with Gasteiger partial charge < -0.3 is 15.7 Å². The van der Waals surface area contributed by atoms with Gasteiger partial charge in [-0.2, -0.15) is 0 Å². The van der Waals surface area contributed by atoms with Crippen molar-refractivity contribution in [2.45, 2.75) is 12.8 Å². The number of aliphatic hydroxyl groups is 1. The molecule has 0 spiro atoms. The number of benzene rings is 1. The van der Waals surface area contributed by atoms with Crippen molar-refractivity contribution in [3.05, 3.63) is 24.0 Å². The number of rotatable bonds is 3.